The fourth-order valence-electron chi connectivity index (χ4n) is 1.49. The molecular weight excluding hydrogens is 206 g/mol. The van der Waals surface area contributed by atoms with Crippen LogP contribution < -0.4 is 4.74 Å². The molecule has 0 saturated carbocycles. The molecule has 1 N–H and O–H groups in total. The van der Waals surface area contributed by atoms with Crippen molar-refractivity contribution in [3.63, 3.8) is 0 Å². The van der Waals surface area contributed by atoms with Crippen LogP contribution in [0.15, 0.2) is 42.6 Å². The molecule has 1 aliphatic rings. The molecule has 1 aromatic rings. The van der Waals surface area contributed by atoms with Gasteiger partial charge in [0, 0.05) is 6.20 Å². The van der Waals surface area contributed by atoms with Gasteiger partial charge in [0.25, 0.3) is 0 Å². The summed E-state index contributed by atoms with van der Waals surface area (Å²) in [4.78, 5) is 13.0. The number of hydrogen-bond donors (Lipinski definition) is 1. The Balaban J connectivity index is 1.98. The molecule has 1 heterocycles. The van der Waals surface area contributed by atoms with Gasteiger partial charge in [0.15, 0.2) is 0 Å². The number of para-hydroxylation sites is 1. The summed E-state index contributed by atoms with van der Waals surface area (Å²) >= 11 is 0. The fourth-order valence-corrected chi connectivity index (χ4v) is 1.49. The SMILES string of the molecule is O=C(Oc1ccccc1)N1C=CCC(O)C1. The quantitative estimate of drug-likeness (QED) is 0.783. The van der Waals surface area contributed by atoms with Crippen LogP contribution in [0.25, 0.3) is 0 Å². The number of carbonyl (C=O) groups is 1. The summed E-state index contributed by atoms with van der Waals surface area (Å²) in [5.41, 5.74) is 0. The number of carbonyl (C=O) groups excluding carboxylic acids is 1. The first-order valence-electron chi connectivity index (χ1n) is 5.14. The van der Waals surface area contributed by atoms with Gasteiger partial charge in [0.05, 0.1) is 12.6 Å². The molecule has 16 heavy (non-hydrogen) atoms. The summed E-state index contributed by atoms with van der Waals surface area (Å²) in [6, 6.07) is 8.86. The number of aliphatic hydroxyl groups is 1. The summed E-state index contributed by atoms with van der Waals surface area (Å²) in [6.45, 7) is 0.280. The summed E-state index contributed by atoms with van der Waals surface area (Å²) in [7, 11) is 0. The highest BCUT2D eigenvalue weighted by molar-refractivity contribution is 5.72. The van der Waals surface area contributed by atoms with E-state index in [4.69, 9.17) is 4.74 Å². The fraction of sp³-hybridized carbons (Fsp3) is 0.250. The summed E-state index contributed by atoms with van der Waals surface area (Å²) in [6.07, 6.45) is 2.99. The van der Waals surface area contributed by atoms with Gasteiger partial charge in [-0.3, -0.25) is 4.90 Å². The monoisotopic (exact) mass is 219 g/mol. The average molecular weight is 219 g/mol. The van der Waals surface area contributed by atoms with Crippen LogP contribution in [0.1, 0.15) is 6.42 Å². The van der Waals surface area contributed by atoms with Crippen LogP contribution >= 0.6 is 0 Å². The van der Waals surface area contributed by atoms with E-state index in [1.165, 1.54) is 4.90 Å². The van der Waals surface area contributed by atoms with E-state index in [0.29, 0.717) is 12.2 Å². The standard InChI is InChI=1S/C12H13NO3/c14-10-5-4-8-13(9-10)12(15)16-11-6-2-1-3-7-11/h1-4,6-8,10,14H,5,9H2. The highest BCUT2D eigenvalue weighted by atomic mass is 16.6. The van der Waals surface area contributed by atoms with Crippen molar-refractivity contribution in [1.82, 2.24) is 4.90 Å². The van der Waals surface area contributed by atoms with Gasteiger partial charge in [0.1, 0.15) is 5.75 Å². The van der Waals surface area contributed by atoms with Gasteiger partial charge < -0.3 is 9.84 Å². The first kappa shape index (κ1) is 10.7. The molecule has 1 atom stereocenters. The lowest BCUT2D eigenvalue weighted by Crippen LogP contribution is -2.37. The normalized spacial score (nSPS) is 19.6. The van der Waals surface area contributed by atoms with E-state index >= 15 is 0 Å². The molecule has 1 aromatic carbocycles. The third kappa shape index (κ3) is 2.61. The first-order chi connectivity index (χ1) is 7.75. The lowest BCUT2D eigenvalue weighted by Gasteiger charge is -2.24. The maximum Gasteiger partial charge on any atom is 0.419 e. The van der Waals surface area contributed by atoms with Crippen molar-refractivity contribution < 1.29 is 14.6 Å². The molecular formula is C12H13NO3. The van der Waals surface area contributed by atoms with Crippen molar-refractivity contribution in [2.24, 2.45) is 0 Å². The molecule has 0 radical (unpaired) electrons. The summed E-state index contributed by atoms with van der Waals surface area (Å²) in [5.74, 6) is 0.501. The second-order valence-corrected chi connectivity index (χ2v) is 3.61. The molecule has 4 heteroatoms. The number of ether oxygens (including phenoxy) is 1. The van der Waals surface area contributed by atoms with Crippen molar-refractivity contribution in [1.29, 1.82) is 0 Å². The second-order valence-electron chi connectivity index (χ2n) is 3.61. The Hall–Kier alpha value is -1.81. The van der Waals surface area contributed by atoms with Crippen LogP contribution in [-0.2, 0) is 0 Å². The van der Waals surface area contributed by atoms with E-state index in [1.54, 1.807) is 36.5 Å². The minimum Gasteiger partial charge on any atom is -0.410 e. The van der Waals surface area contributed by atoms with E-state index in [0.717, 1.165) is 0 Å². The van der Waals surface area contributed by atoms with Gasteiger partial charge in [0.2, 0.25) is 0 Å². The molecule has 0 fully saturated rings. The highest BCUT2D eigenvalue weighted by Crippen LogP contribution is 2.13. The highest BCUT2D eigenvalue weighted by Gasteiger charge is 2.19. The molecule has 2 rings (SSSR count). The van der Waals surface area contributed by atoms with Gasteiger partial charge >= 0.3 is 6.09 Å². The van der Waals surface area contributed by atoms with Crippen LogP contribution in [-0.4, -0.2) is 28.7 Å². The Bertz CT molecular complexity index is 389. The molecule has 4 nitrogen and oxygen atoms in total. The zero-order valence-electron chi connectivity index (χ0n) is 8.74. The lowest BCUT2D eigenvalue weighted by molar-refractivity contribution is 0.113. The number of β-amino-alcohol motifs (C(OH)–C–C–N with tert-alkyl or cyclic N) is 1. The van der Waals surface area contributed by atoms with Crippen molar-refractivity contribution in [3.8, 4) is 5.75 Å². The van der Waals surface area contributed by atoms with Gasteiger partial charge in [-0.05, 0) is 18.6 Å². The van der Waals surface area contributed by atoms with Crippen molar-refractivity contribution in [3.05, 3.63) is 42.6 Å². The van der Waals surface area contributed by atoms with Crippen LogP contribution in [0.3, 0.4) is 0 Å². The van der Waals surface area contributed by atoms with Crippen molar-refractivity contribution in [2.75, 3.05) is 6.54 Å². The Morgan fingerprint density at radius 3 is 2.81 bits per heavy atom. The molecule has 1 unspecified atom stereocenters. The molecule has 0 saturated heterocycles. The van der Waals surface area contributed by atoms with Crippen LogP contribution in [0, 0.1) is 0 Å². The Labute approximate surface area is 93.8 Å². The van der Waals surface area contributed by atoms with Gasteiger partial charge in [-0.25, -0.2) is 4.79 Å². The van der Waals surface area contributed by atoms with Crippen LogP contribution in [0.2, 0.25) is 0 Å². The zero-order chi connectivity index (χ0) is 11.4. The van der Waals surface area contributed by atoms with E-state index in [2.05, 4.69) is 0 Å². The number of benzene rings is 1. The topological polar surface area (TPSA) is 49.8 Å². The predicted molar refractivity (Wildman–Crippen MR) is 58.9 cm³/mol. The van der Waals surface area contributed by atoms with Crippen molar-refractivity contribution >= 4 is 6.09 Å². The number of hydrogen-bond acceptors (Lipinski definition) is 3. The van der Waals surface area contributed by atoms with Gasteiger partial charge in [-0.15, -0.1) is 0 Å². The number of rotatable bonds is 1. The van der Waals surface area contributed by atoms with E-state index in [1.807, 2.05) is 6.07 Å². The molecule has 0 aromatic heterocycles. The predicted octanol–water partition coefficient (Wildman–Crippen LogP) is 1.77. The number of nitrogens with zero attached hydrogens (tertiary/aromatic N) is 1. The maximum absolute atomic E-state index is 11.7. The molecule has 1 aliphatic heterocycles. The van der Waals surface area contributed by atoms with E-state index in [9.17, 15) is 9.90 Å². The minimum absolute atomic E-state index is 0.280. The molecule has 0 aliphatic carbocycles. The molecule has 0 spiro atoms. The largest absolute Gasteiger partial charge is 0.419 e. The summed E-state index contributed by atoms with van der Waals surface area (Å²) < 4.78 is 5.13. The minimum atomic E-state index is -0.506. The number of aliphatic hydroxyl groups excluding tert-OH is 1. The van der Waals surface area contributed by atoms with E-state index < -0.39 is 12.2 Å². The van der Waals surface area contributed by atoms with Crippen molar-refractivity contribution in [2.45, 2.75) is 12.5 Å². The smallest absolute Gasteiger partial charge is 0.410 e. The molecule has 0 bridgehead atoms. The van der Waals surface area contributed by atoms with Crippen LogP contribution in [0.4, 0.5) is 4.79 Å². The summed E-state index contributed by atoms with van der Waals surface area (Å²) in [5, 5.41) is 9.39. The maximum atomic E-state index is 11.7. The Morgan fingerprint density at radius 2 is 2.12 bits per heavy atom. The molecule has 1 amide bonds. The molecule has 84 valence electrons. The lowest BCUT2D eigenvalue weighted by atomic mass is 10.2. The number of amides is 1. The van der Waals surface area contributed by atoms with Crippen LogP contribution in [0.5, 0.6) is 5.75 Å². The van der Waals surface area contributed by atoms with E-state index in [-0.39, 0.29) is 6.54 Å². The second kappa shape index (κ2) is 4.81. The van der Waals surface area contributed by atoms with Gasteiger partial charge in [-0.1, -0.05) is 24.3 Å². The average Bonchev–Trinajstić information content (AvgIpc) is 2.30. The Kier molecular flexibility index (Phi) is 3.22. The van der Waals surface area contributed by atoms with Gasteiger partial charge in [-0.2, -0.15) is 0 Å². The Morgan fingerprint density at radius 1 is 1.38 bits per heavy atom. The first-order valence-corrected chi connectivity index (χ1v) is 5.14. The third-order valence-electron chi connectivity index (χ3n) is 2.28. The zero-order valence-corrected chi connectivity index (χ0v) is 8.74. The third-order valence-corrected chi connectivity index (χ3v) is 2.28.